The van der Waals surface area contributed by atoms with E-state index >= 15 is 0 Å². The number of halogens is 1. The molecule has 3 unspecified atom stereocenters. The van der Waals surface area contributed by atoms with Gasteiger partial charge in [-0.25, -0.2) is 4.39 Å². The van der Waals surface area contributed by atoms with Crippen LogP contribution in [0.5, 0.6) is 11.5 Å². The Morgan fingerprint density at radius 1 is 1.05 bits per heavy atom. The van der Waals surface area contributed by atoms with Crippen LogP contribution in [0.2, 0.25) is 0 Å². The van der Waals surface area contributed by atoms with Gasteiger partial charge in [0, 0.05) is 31.6 Å². The lowest BCUT2D eigenvalue weighted by Gasteiger charge is -2.37. The number of rotatable bonds is 14. The fourth-order valence-corrected chi connectivity index (χ4v) is 4.42. The van der Waals surface area contributed by atoms with E-state index < -0.39 is 6.29 Å². The first-order chi connectivity index (χ1) is 18.6. The molecule has 2 aromatic rings. The van der Waals surface area contributed by atoms with Crippen molar-refractivity contribution < 1.29 is 42.7 Å². The summed E-state index contributed by atoms with van der Waals surface area (Å²) >= 11 is 0. The topological polar surface area (TPSA) is 105 Å². The van der Waals surface area contributed by atoms with Crippen LogP contribution in [0.25, 0.3) is 0 Å². The van der Waals surface area contributed by atoms with Crippen molar-refractivity contribution in [3.63, 3.8) is 0 Å². The van der Waals surface area contributed by atoms with Crippen LogP contribution in [0.3, 0.4) is 0 Å². The van der Waals surface area contributed by atoms with Gasteiger partial charge in [-0.1, -0.05) is 18.2 Å². The Morgan fingerprint density at radius 2 is 1.82 bits per heavy atom. The predicted octanol–water partition coefficient (Wildman–Crippen LogP) is 3.26. The molecule has 4 rings (SSSR count). The average molecular weight is 532 g/mol. The molecule has 0 fully saturated rings. The van der Waals surface area contributed by atoms with E-state index in [0.717, 1.165) is 11.1 Å². The third-order valence-electron chi connectivity index (χ3n) is 6.29. The number of amides is 1. The highest BCUT2D eigenvalue weighted by atomic mass is 19.1. The molecule has 0 saturated heterocycles. The normalized spacial score (nSPS) is 20.1. The van der Waals surface area contributed by atoms with E-state index in [4.69, 9.17) is 33.5 Å². The monoisotopic (exact) mass is 531 g/mol. The Morgan fingerprint density at radius 3 is 2.58 bits per heavy atom. The second-order valence-corrected chi connectivity index (χ2v) is 8.82. The largest absolute Gasteiger partial charge is 0.459 e. The first-order valence-corrected chi connectivity index (χ1v) is 12.8. The maximum atomic E-state index is 13.2. The van der Waals surface area contributed by atoms with Crippen molar-refractivity contribution >= 4 is 5.91 Å². The number of aliphatic hydroxyl groups excluding tert-OH is 1. The van der Waals surface area contributed by atoms with E-state index in [1.807, 2.05) is 31.2 Å². The summed E-state index contributed by atoms with van der Waals surface area (Å²) in [5, 5.41) is 11.7. The summed E-state index contributed by atoms with van der Waals surface area (Å²) in [4.78, 5) is 13.1. The highest BCUT2D eigenvalue weighted by Gasteiger charge is 2.38. The van der Waals surface area contributed by atoms with Crippen LogP contribution in [-0.2, 0) is 30.3 Å². The van der Waals surface area contributed by atoms with Crippen molar-refractivity contribution in [2.24, 2.45) is 5.92 Å². The lowest BCUT2D eigenvalue weighted by molar-refractivity contribution is -0.168. The molecule has 3 atom stereocenters. The van der Waals surface area contributed by atoms with E-state index in [0.29, 0.717) is 44.3 Å². The number of carbonyl (C=O) groups is 1. The molecule has 0 bridgehead atoms. The van der Waals surface area contributed by atoms with Gasteiger partial charge in [0.25, 0.3) is 5.91 Å². The molecule has 38 heavy (non-hydrogen) atoms. The molecule has 0 spiro atoms. The molecule has 10 heteroatoms. The molecule has 2 N–H and O–H groups in total. The van der Waals surface area contributed by atoms with Crippen molar-refractivity contribution in [3.8, 4) is 11.5 Å². The first-order valence-electron chi connectivity index (χ1n) is 12.8. The lowest BCUT2D eigenvalue weighted by atomic mass is 9.81. The van der Waals surface area contributed by atoms with Crippen molar-refractivity contribution in [2.45, 2.75) is 32.1 Å². The number of aliphatic hydroxyl groups is 1. The number of allylic oxidation sites excluding steroid dienone is 1. The Labute approximate surface area is 221 Å². The summed E-state index contributed by atoms with van der Waals surface area (Å²) < 4.78 is 47.3. The maximum Gasteiger partial charge on any atom is 0.286 e. The number of hydrogen-bond donors (Lipinski definition) is 2. The van der Waals surface area contributed by atoms with Crippen LogP contribution >= 0.6 is 0 Å². The second-order valence-electron chi connectivity index (χ2n) is 8.82. The Hall–Kier alpha value is -3.18. The number of fused-ring (bicyclic) bond motifs is 1. The van der Waals surface area contributed by atoms with Gasteiger partial charge < -0.3 is 38.8 Å². The molecule has 0 radical (unpaired) electrons. The van der Waals surface area contributed by atoms with Crippen molar-refractivity contribution in [1.82, 2.24) is 5.32 Å². The standard InChI is InChI=1S/C28H34FNO8/c1-2-35-28-22(9-11-33-13-14-34-12-10-31)23(20-5-8-24-25(15-20)37-18-36-24)16-26(38-28)27(32)30-17-19-3-6-21(29)7-4-19/h3-8,15-16,22-23,28,31H,2,9-14,17-18H2,1H3,(H,30,32). The van der Waals surface area contributed by atoms with Crippen LogP contribution in [0.1, 0.15) is 30.4 Å². The summed E-state index contributed by atoms with van der Waals surface area (Å²) in [6.07, 6.45) is 1.73. The molecule has 0 aromatic heterocycles. The van der Waals surface area contributed by atoms with Gasteiger partial charge in [0.05, 0.1) is 26.4 Å². The van der Waals surface area contributed by atoms with Gasteiger partial charge in [-0.05, 0) is 54.8 Å². The predicted molar refractivity (Wildman–Crippen MR) is 135 cm³/mol. The summed E-state index contributed by atoms with van der Waals surface area (Å²) in [7, 11) is 0. The smallest absolute Gasteiger partial charge is 0.286 e. The van der Waals surface area contributed by atoms with Crippen LogP contribution in [-0.4, -0.2) is 63.7 Å². The Kier molecular flexibility index (Phi) is 10.3. The first kappa shape index (κ1) is 27.8. The third-order valence-corrected chi connectivity index (χ3v) is 6.29. The quantitative estimate of drug-likeness (QED) is 0.358. The van der Waals surface area contributed by atoms with E-state index in [1.54, 1.807) is 12.1 Å². The number of nitrogens with one attached hydrogen (secondary N) is 1. The average Bonchev–Trinajstić information content (AvgIpc) is 3.40. The molecule has 2 aromatic carbocycles. The van der Waals surface area contributed by atoms with Crippen molar-refractivity contribution in [3.05, 3.63) is 71.2 Å². The summed E-state index contributed by atoms with van der Waals surface area (Å²) in [5.41, 5.74) is 1.70. The molecule has 2 heterocycles. The van der Waals surface area contributed by atoms with Gasteiger partial charge in [0.2, 0.25) is 13.1 Å². The molecular weight excluding hydrogens is 497 g/mol. The van der Waals surface area contributed by atoms with Crippen LogP contribution in [0.4, 0.5) is 4.39 Å². The zero-order chi connectivity index (χ0) is 26.7. The van der Waals surface area contributed by atoms with E-state index in [2.05, 4.69) is 5.32 Å². The van der Waals surface area contributed by atoms with Gasteiger partial charge in [0.15, 0.2) is 17.3 Å². The summed E-state index contributed by atoms with van der Waals surface area (Å²) in [5.74, 6) is 0.373. The van der Waals surface area contributed by atoms with Crippen LogP contribution in [0, 0.1) is 11.7 Å². The minimum atomic E-state index is -0.679. The van der Waals surface area contributed by atoms with E-state index in [9.17, 15) is 9.18 Å². The van der Waals surface area contributed by atoms with Gasteiger partial charge in [0.1, 0.15) is 5.82 Å². The highest BCUT2D eigenvalue weighted by molar-refractivity contribution is 5.91. The molecule has 2 aliphatic heterocycles. The fraction of sp³-hybridized carbons (Fsp3) is 0.464. The second kappa shape index (κ2) is 14.1. The fourth-order valence-electron chi connectivity index (χ4n) is 4.42. The minimum absolute atomic E-state index is 0.0290. The van der Waals surface area contributed by atoms with Gasteiger partial charge >= 0.3 is 0 Å². The molecule has 0 aliphatic carbocycles. The molecule has 1 amide bonds. The van der Waals surface area contributed by atoms with E-state index in [1.165, 1.54) is 12.1 Å². The number of carbonyl (C=O) groups excluding carboxylic acids is 1. The van der Waals surface area contributed by atoms with Gasteiger partial charge in [-0.3, -0.25) is 4.79 Å². The minimum Gasteiger partial charge on any atom is -0.459 e. The van der Waals surface area contributed by atoms with Crippen LogP contribution < -0.4 is 14.8 Å². The maximum absolute atomic E-state index is 13.2. The number of hydrogen-bond acceptors (Lipinski definition) is 8. The summed E-state index contributed by atoms with van der Waals surface area (Å²) in [6.45, 7) is 4.12. The summed E-state index contributed by atoms with van der Waals surface area (Å²) in [6, 6.07) is 11.7. The van der Waals surface area contributed by atoms with Crippen molar-refractivity contribution in [2.75, 3.05) is 46.4 Å². The highest BCUT2D eigenvalue weighted by Crippen LogP contribution is 2.42. The Balaban J connectivity index is 1.51. The van der Waals surface area contributed by atoms with Gasteiger partial charge in [-0.15, -0.1) is 0 Å². The molecule has 206 valence electrons. The van der Waals surface area contributed by atoms with E-state index in [-0.39, 0.29) is 55.9 Å². The lowest BCUT2D eigenvalue weighted by Crippen LogP contribution is -2.39. The molecule has 9 nitrogen and oxygen atoms in total. The SMILES string of the molecule is CCOC1OC(C(=O)NCc2ccc(F)cc2)=CC(c2ccc3c(c2)OCO3)C1CCOCCOCCO. The number of benzene rings is 2. The third kappa shape index (κ3) is 7.44. The number of ether oxygens (including phenoxy) is 6. The van der Waals surface area contributed by atoms with Crippen LogP contribution in [0.15, 0.2) is 54.3 Å². The van der Waals surface area contributed by atoms with Crippen molar-refractivity contribution in [1.29, 1.82) is 0 Å². The Bertz CT molecular complexity index is 1080. The molecule has 2 aliphatic rings. The molecule has 0 saturated carbocycles. The molecular formula is C28H34FNO8. The zero-order valence-electron chi connectivity index (χ0n) is 21.4. The zero-order valence-corrected chi connectivity index (χ0v) is 21.4. The van der Waals surface area contributed by atoms with Gasteiger partial charge in [-0.2, -0.15) is 0 Å².